The summed E-state index contributed by atoms with van der Waals surface area (Å²) in [6.45, 7) is 2.30. The Kier molecular flexibility index (Phi) is 5.79. The minimum atomic E-state index is -4.53. The fraction of sp³-hybridized carbons (Fsp3) is 0.625. The van der Waals surface area contributed by atoms with Crippen LogP contribution in [0.15, 0.2) is 29.2 Å². The molecule has 1 aromatic carbocycles. The van der Waals surface area contributed by atoms with Crippen molar-refractivity contribution >= 4 is 16.1 Å². The number of hydrogen-bond acceptors (Lipinski definition) is 5. The predicted octanol–water partition coefficient (Wildman–Crippen LogP) is 3.44. The molecule has 0 radical (unpaired) electrons. The van der Waals surface area contributed by atoms with Gasteiger partial charge in [-0.05, 0) is 62.8 Å². The summed E-state index contributed by atoms with van der Waals surface area (Å²) >= 11 is 0. The van der Waals surface area contributed by atoms with Gasteiger partial charge >= 0.3 is 12.2 Å². The van der Waals surface area contributed by atoms with Crippen LogP contribution in [0.3, 0.4) is 0 Å². The Morgan fingerprint density at radius 3 is 2.11 bits per heavy atom. The van der Waals surface area contributed by atoms with E-state index in [9.17, 15) is 26.4 Å². The van der Waals surface area contributed by atoms with Crippen LogP contribution in [0.5, 0.6) is 0 Å². The summed E-state index contributed by atoms with van der Waals surface area (Å²) in [5, 5.41) is 8.60. The summed E-state index contributed by atoms with van der Waals surface area (Å²) in [7, 11) is -3.95. The number of hydrogen-bond donors (Lipinski definition) is 2. The van der Waals surface area contributed by atoms with Crippen LogP contribution in [-0.4, -0.2) is 71.7 Å². The summed E-state index contributed by atoms with van der Waals surface area (Å²) in [5.41, 5.74) is -0.730. The zero-order valence-electron chi connectivity index (χ0n) is 20.2. The van der Waals surface area contributed by atoms with E-state index >= 15 is 0 Å². The molecule has 4 aliphatic rings. The van der Waals surface area contributed by atoms with E-state index in [1.54, 1.807) is 4.90 Å². The molecule has 4 fully saturated rings. The number of alkyl halides is 3. The minimum absolute atomic E-state index is 0.0196. The topological polar surface area (TPSA) is 111 Å². The average molecular weight is 539 g/mol. The molecule has 1 spiro atoms. The maximum atomic E-state index is 13.0. The van der Waals surface area contributed by atoms with Gasteiger partial charge in [-0.25, -0.2) is 17.9 Å². The zero-order chi connectivity index (χ0) is 26.0. The molecule has 3 heterocycles. The van der Waals surface area contributed by atoms with Crippen LogP contribution in [0.2, 0.25) is 0 Å². The summed E-state index contributed by atoms with van der Waals surface area (Å²) in [6.07, 6.45) is 0.740. The lowest BCUT2D eigenvalue weighted by Gasteiger charge is -2.59. The zero-order valence-corrected chi connectivity index (χ0v) is 21.0. The van der Waals surface area contributed by atoms with Crippen molar-refractivity contribution in [1.82, 2.24) is 29.7 Å². The summed E-state index contributed by atoms with van der Waals surface area (Å²) in [6, 6.07) is 3.04. The van der Waals surface area contributed by atoms with Crippen molar-refractivity contribution in [1.29, 1.82) is 0 Å². The Morgan fingerprint density at radius 2 is 1.54 bits per heavy atom. The van der Waals surface area contributed by atoms with Crippen molar-refractivity contribution in [3.05, 3.63) is 41.5 Å². The number of rotatable bonds is 5. The molecule has 200 valence electrons. The Bertz CT molecular complexity index is 1270. The number of piperidine rings is 1. The van der Waals surface area contributed by atoms with Gasteiger partial charge in [-0.15, -0.1) is 10.2 Å². The number of likely N-dealkylation sites (tertiary alicyclic amines) is 2. The first-order valence-electron chi connectivity index (χ1n) is 12.7. The highest BCUT2D eigenvalue weighted by atomic mass is 32.2. The number of urea groups is 1. The van der Waals surface area contributed by atoms with Crippen molar-refractivity contribution in [2.24, 2.45) is 5.41 Å². The van der Waals surface area contributed by atoms with Gasteiger partial charge in [-0.1, -0.05) is 0 Å². The van der Waals surface area contributed by atoms with Crippen LogP contribution in [0, 0.1) is 5.41 Å². The first-order valence-corrected chi connectivity index (χ1v) is 14.2. The number of nitrogens with zero attached hydrogens (tertiary/aromatic N) is 4. The molecule has 2 saturated heterocycles. The lowest BCUT2D eigenvalue weighted by Crippen LogP contribution is -2.66. The van der Waals surface area contributed by atoms with Crippen molar-refractivity contribution < 1.29 is 26.4 Å². The number of aromatic amines is 1. The number of H-pyrrole nitrogens is 1. The van der Waals surface area contributed by atoms with E-state index in [4.69, 9.17) is 0 Å². The molecule has 1 aromatic heterocycles. The third-order valence-corrected chi connectivity index (χ3v) is 9.67. The monoisotopic (exact) mass is 538 g/mol. The van der Waals surface area contributed by atoms with Crippen LogP contribution in [-0.2, 0) is 16.2 Å². The first-order chi connectivity index (χ1) is 17.5. The molecule has 2 saturated carbocycles. The van der Waals surface area contributed by atoms with Crippen LogP contribution >= 0.6 is 0 Å². The molecule has 2 amide bonds. The van der Waals surface area contributed by atoms with Crippen LogP contribution in [0.4, 0.5) is 18.0 Å². The number of nitrogens with one attached hydrogen (secondary N) is 2. The second-order valence-corrected chi connectivity index (χ2v) is 12.7. The van der Waals surface area contributed by atoms with Crippen LogP contribution in [0.1, 0.15) is 67.6 Å². The Morgan fingerprint density at radius 1 is 0.946 bits per heavy atom. The molecular formula is C24H29F3N6O3S. The molecule has 37 heavy (non-hydrogen) atoms. The molecule has 0 bridgehead atoms. The molecule has 2 aliphatic carbocycles. The number of amides is 2. The highest BCUT2D eigenvalue weighted by Crippen LogP contribution is 2.55. The number of carbonyl (C=O) groups excluding carboxylic acids is 1. The van der Waals surface area contributed by atoms with E-state index in [2.05, 4.69) is 19.9 Å². The van der Waals surface area contributed by atoms with Gasteiger partial charge in [0.2, 0.25) is 10.0 Å². The predicted molar refractivity (Wildman–Crippen MR) is 126 cm³/mol. The Labute approximate surface area is 212 Å². The van der Waals surface area contributed by atoms with Crippen LogP contribution < -0.4 is 4.72 Å². The molecule has 9 nitrogen and oxygen atoms in total. The largest absolute Gasteiger partial charge is 0.416 e. The summed E-state index contributed by atoms with van der Waals surface area (Å²) < 4.78 is 66.1. The second-order valence-electron chi connectivity index (χ2n) is 11.0. The van der Waals surface area contributed by atoms with E-state index < -0.39 is 21.8 Å². The van der Waals surface area contributed by atoms with Gasteiger partial charge in [0.15, 0.2) is 0 Å². The van der Waals surface area contributed by atoms with Crippen molar-refractivity contribution in [2.75, 3.05) is 26.2 Å². The Balaban J connectivity index is 0.954. The number of benzene rings is 1. The number of carbonyl (C=O) groups is 1. The molecule has 0 unspecified atom stereocenters. The summed E-state index contributed by atoms with van der Waals surface area (Å²) in [4.78, 5) is 19.8. The fourth-order valence-electron chi connectivity index (χ4n) is 5.85. The number of halogens is 3. The van der Waals surface area contributed by atoms with Gasteiger partial charge < -0.3 is 14.8 Å². The normalized spacial score (nSPS) is 22.7. The molecule has 2 aromatic rings. The SMILES string of the molecule is O=C(N1CCC(NS(=O)(=O)c2ccc(C(F)(F)F)cc2)CC1)N1CC2(CC(c3nnc(C4CC4)[nH]3)C2)C1. The van der Waals surface area contributed by atoms with Gasteiger partial charge in [0.1, 0.15) is 11.6 Å². The quantitative estimate of drug-likeness (QED) is 0.606. The lowest BCUT2D eigenvalue weighted by molar-refractivity contribution is -0.137. The maximum Gasteiger partial charge on any atom is 0.416 e. The molecule has 6 rings (SSSR count). The van der Waals surface area contributed by atoms with Crippen molar-refractivity contribution in [3.8, 4) is 0 Å². The standard InChI is InChI=1S/C24H29F3N6O3S/c25-24(26,27)17-3-5-19(6-4-17)37(35,36)31-18-7-9-32(10-8-18)22(34)33-13-23(14-33)11-16(12-23)21-28-20(29-30-21)15-1-2-15/h3-6,15-16,18,31H,1-2,7-14H2,(H,28,29,30). The molecule has 2 aliphatic heterocycles. The molecule has 13 heteroatoms. The van der Waals surface area contributed by atoms with E-state index in [1.165, 1.54) is 12.8 Å². The van der Waals surface area contributed by atoms with Crippen molar-refractivity contribution in [3.63, 3.8) is 0 Å². The maximum absolute atomic E-state index is 13.0. The number of aromatic nitrogens is 3. The van der Waals surface area contributed by atoms with Gasteiger partial charge in [-0.3, -0.25) is 0 Å². The smallest absolute Gasteiger partial charge is 0.328 e. The molecule has 0 atom stereocenters. The van der Waals surface area contributed by atoms with Gasteiger partial charge in [0.25, 0.3) is 0 Å². The van der Waals surface area contributed by atoms with E-state index in [1.807, 2.05) is 4.90 Å². The molecular weight excluding hydrogens is 509 g/mol. The van der Waals surface area contributed by atoms with Gasteiger partial charge in [0, 0.05) is 49.5 Å². The van der Waals surface area contributed by atoms with Gasteiger partial charge in [0.05, 0.1) is 10.5 Å². The lowest BCUT2D eigenvalue weighted by atomic mass is 9.57. The van der Waals surface area contributed by atoms with E-state index in [0.29, 0.717) is 37.8 Å². The highest BCUT2D eigenvalue weighted by molar-refractivity contribution is 7.89. The van der Waals surface area contributed by atoms with E-state index in [-0.39, 0.29) is 22.4 Å². The summed E-state index contributed by atoms with van der Waals surface area (Å²) in [5.74, 6) is 2.91. The Hall–Kier alpha value is -2.67. The number of sulfonamides is 1. The first kappa shape index (κ1) is 24.7. The molecule has 2 N–H and O–H groups in total. The van der Waals surface area contributed by atoms with Crippen molar-refractivity contribution in [2.45, 2.75) is 67.5 Å². The average Bonchev–Trinajstić information content (AvgIpc) is 3.54. The second kappa shape index (κ2) is 8.69. The van der Waals surface area contributed by atoms with Crippen LogP contribution in [0.25, 0.3) is 0 Å². The minimum Gasteiger partial charge on any atom is -0.328 e. The van der Waals surface area contributed by atoms with Gasteiger partial charge in [-0.2, -0.15) is 13.2 Å². The third-order valence-electron chi connectivity index (χ3n) is 8.13. The third kappa shape index (κ3) is 4.83. The van der Waals surface area contributed by atoms with E-state index in [0.717, 1.165) is 61.8 Å². The highest BCUT2D eigenvalue weighted by Gasteiger charge is 2.55. The fourth-order valence-corrected chi connectivity index (χ4v) is 7.15.